The topological polar surface area (TPSA) is 64.0 Å². The molecular weight excluding hydrogens is 378 g/mol. The molecule has 5 nitrogen and oxygen atoms in total. The minimum atomic E-state index is -0.289. The second-order valence-electron chi connectivity index (χ2n) is 7.23. The van der Waals surface area contributed by atoms with E-state index < -0.39 is 0 Å². The summed E-state index contributed by atoms with van der Waals surface area (Å²) >= 11 is 3.06. The van der Waals surface area contributed by atoms with Crippen molar-refractivity contribution in [2.24, 2.45) is 0 Å². The van der Waals surface area contributed by atoms with Gasteiger partial charge in [-0.25, -0.2) is 4.98 Å². The van der Waals surface area contributed by atoms with E-state index in [1.807, 2.05) is 18.4 Å². The Balaban J connectivity index is 2.12. The van der Waals surface area contributed by atoms with Gasteiger partial charge in [0.15, 0.2) is 5.16 Å². The van der Waals surface area contributed by atoms with Gasteiger partial charge in [0.25, 0.3) is 5.56 Å². The van der Waals surface area contributed by atoms with Crippen molar-refractivity contribution in [2.45, 2.75) is 82.7 Å². The number of rotatable bonds is 6. The van der Waals surface area contributed by atoms with Gasteiger partial charge < -0.3 is 5.32 Å². The number of nitrogens with one attached hydrogen (secondary N) is 1. The largest absolute Gasteiger partial charge is 0.355 e. The van der Waals surface area contributed by atoms with Gasteiger partial charge in [-0.05, 0) is 58.4 Å². The van der Waals surface area contributed by atoms with Crippen molar-refractivity contribution in [1.29, 1.82) is 0 Å². The summed E-state index contributed by atoms with van der Waals surface area (Å²) in [5.74, 6) is -0.0190. The number of thioether (sulfide) groups is 1. The van der Waals surface area contributed by atoms with Crippen LogP contribution in [-0.4, -0.2) is 27.3 Å². The first-order chi connectivity index (χ1) is 13.0. The Morgan fingerprint density at radius 3 is 2.70 bits per heavy atom. The van der Waals surface area contributed by atoms with E-state index >= 15 is 0 Å². The number of aryl methyl sites for hydroxylation is 2. The van der Waals surface area contributed by atoms with Crippen LogP contribution in [0.4, 0.5) is 0 Å². The van der Waals surface area contributed by atoms with Crippen LogP contribution < -0.4 is 10.9 Å². The Labute approximate surface area is 169 Å². The molecule has 2 atom stereocenters. The highest BCUT2D eigenvalue weighted by atomic mass is 32.2. The standard InChI is InChI=1S/C20H29N3O2S2/c1-5-12(3)23-19(25)16-14-10-8-7-9-11-15(14)27-18(16)22-20(23)26-13(4)17(24)21-6-2/h12-13H,5-11H2,1-4H3,(H,21,24)/t12-,13+/m0/s1. The Hall–Kier alpha value is -1.34. The minimum absolute atomic E-state index is 0.0190. The van der Waals surface area contributed by atoms with Gasteiger partial charge in [-0.2, -0.15) is 0 Å². The lowest BCUT2D eigenvalue weighted by molar-refractivity contribution is -0.120. The van der Waals surface area contributed by atoms with Crippen LogP contribution in [0.25, 0.3) is 10.2 Å². The van der Waals surface area contributed by atoms with Crippen molar-refractivity contribution >= 4 is 39.2 Å². The predicted octanol–water partition coefficient (Wildman–Crippen LogP) is 4.31. The minimum Gasteiger partial charge on any atom is -0.355 e. The molecule has 0 aromatic carbocycles. The maximum absolute atomic E-state index is 13.5. The first-order valence-electron chi connectivity index (χ1n) is 9.99. The first kappa shape index (κ1) is 20.4. The fourth-order valence-electron chi connectivity index (χ4n) is 3.56. The van der Waals surface area contributed by atoms with E-state index in [9.17, 15) is 9.59 Å². The zero-order chi connectivity index (χ0) is 19.6. The molecule has 7 heteroatoms. The molecule has 0 saturated heterocycles. The molecule has 1 aliphatic carbocycles. The molecule has 0 spiro atoms. The number of carbonyl (C=O) groups is 1. The molecule has 0 radical (unpaired) electrons. The average molecular weight is 408 g/mol. The lowest BCUT2D eigenvalue weighted by Crippen LogP contribution is -2.32. The van der Waals surface area contributed by atoms with Gasteiger partial charge in [-0.15, -0.1) is 11.3 Å². The molecule has 0 fully saturated rings. The molecule has 0 unspecified atom stereocenters. The molecule has 2 aromatic rings. The lowest BCUT2D eigenvalue weighted by atomic mass is 10.1. The number of amides is 1. The summed E-state index contributed by atoms with van der Waals surface area (Å²) in [6, 6.07) is 0.0552. The van der Waals surface area contributed by atoms with Crippen LogP contribution >= 0.6 is 23.1 Å². The number of nitrogens with zero attached hydrogens (tertiary/aromatic N) is 2. The zero-order valence-electron chi connectivity index (χ0n) is 16.6. The van der Waals surface area contributed by atoms with Crippen LogP contribution in [0, 0.1) is 0 Å². The summed E-state index contributed by atoms with van der Waals surface area (Å²) < 4.78 is 1.82. The van der Waals surface area contributed by atoms with Crippen LogP contribution in [0.5, 0.6) is 0 Å². The number of hydrogen-bond donors (Lipinski definition) is 1. The highest BCUT2D eigenvalue weighted by molar-refractivity contribution is 8.00. The maximum Gasteiger partial charge on any atom is 0.263 e. The first-order valence-corrected chi connectivity index (χ1v) is 11.7. The summed E-state index contributed by atoms with van der Waals surface area (Å²) in [4.78, 5) is 32.8. The van der Waals surface area contributed by atoms with E-state index in [1.54, 1.807) is 11.3 Å². The summed E-state index contributed by atoms with van der Waals surface area (Å²) in [5.41, 5.74) is 1.30. The van der Waals surface area contributed by atoms with E-state index in [0.717, 1.165) is 35.9 Å². The number of fused-ring (bicyclic) bond motifs is 3. The molecule has 2 heterocycles. The fourth-order valence-corrected chi connectivity index (χ4v) is 5.90. The normalized spacial score (nSPS) is 16.6. The lowest BCUT2D eigenvalue weighted by Gasteiger charge is -2.19. The molecule has 0 saturated carbocycles. The molecule has 27 heavy (non-hydrogen) atoms. The Morgan fingerprint density at radius 1 is 1.26 bits per heavy atom. The Morgan fingerprint density at radius 2 is 2.00 bits per heavy atom. The van der Waals surface area contributed by atoms with Gasteiger partial charge >= 0.3 is 0 Å². The van der Waals surface area contributed by atoms with Gasteiger partial charge in [-0.3, -0.25) is 14.2 Å². The predicted molar refractivity (Wildman–Crippen MR) is 114 cm³/mol. The van der Waals surface area contributed by atoms with E-state index in [0.29, 0.717) is 11.7 Å². The van der Waals surface area contributed by atoms with Gasteiger partial charge in [0.2, 0.25) is 5.91 Å². The van der Waals surface area contributed by atoms with Gasteiger partial charge in [0.1, 0.15) is 4.83 Å². The van der Waals surface area contributed by atoms with Crippen LogP contribution in [0.3, 0.4) is 0 Å². The highest BCUT2D eigenvalue weighted by Gasteiger charge is 2.25. The quantitative estimate of drug-likeness (QED) is 0.440. The number of carbonyl (C=O) groups excluding carboxylic acids is 1. The average Bonchev–Trinajstić information content (AvgIpc) is 2.83. The molecule has 148 valence electrons. The summed E-state index contributed by atoms with van der Waals surface area (Å²) in [6.07, 6.45) is 6.45. The molecule has 0 bridgehead atoms. The second-order valence-corrected chi connectivity index (χ2v) is 9.62. The van der Waals surface area contributed by atoms with Crippen LogP contribution in [-0.2, 0) is 17.6 Å². The van der Waals surface area contributed by atoms with Crippen LogP contribution in [0.15, 0.2) is 9.95 Å². The molecular formula is C20H29N3O2S2. The smallest absolute Gasteiger partial charge is 0.263 e. The van der Waals surface area contributed by atoms with E-state index in [4.69, 9.17) is 4.98 Å². The number of aromatic nitrogens is 2. The highest BCUT2D eigenvalue weighted by Crippen LogP contribution is 2.35. The van der Waals surface area contributed by atoms with Crippen LogP contribution in [0.1, 0.15) is 69.9 Å². The Kier molecular flexibility index (Phi) is 6.63. The SMILES string of the molecule is CCNC(=O)[C@@H](C)Sc1nc2sc3c(c2c(=O)n1[C@@H](C)CC)CCCCC3. The Bertz CT molecular complexity index is 887. The third-order valence-corrected chi connectivity index (χ3v) is 7.52. The van der Waals surface area contributed by atoms with Crippen molar-refractivity contribution in [2.75, 3.05) is 6.54 Å². The zero-order valence-corrected chi connectivity index (χ0v) is 18.3. The van der Waals surface area contributed by atoms with Crippen molar-refractivity contribution in [3.8, 4) is 0 Å². The maximum atomic E-state index is 13.5. The third kappa shape index (κ3) is 4.09. The van der Waals surface area contributed by atoms with E-state index in [1.165, 1.54) is 35.0 Å². The summed E-state index contributed by atoms with van der Waals surface area (Å²) in [5, 5.41) is 4.05. The fraction of sp³-hybridized carbons (Fsp3) is 0.650. The van der Waals surface area contributed by atoms with E-state index in [-0.39, 0.29) is 22.8 Å². The third-order valence-electron chi connectivity index (χ3n) is 5.27. The van der Waals surface area contributed by atoms with Crippen LogP contribution in [0.2, 0.25) is 0 Å². The summed E-state index contributed by atoms with van der Waals surface area (Å²) in [7, 11) is 0. The van der Waals surface area contributed by atoms with Crippen molar-refractivity contribution < 1.29 is 4.79 Å². The van der Waals surface area contributed by atoms with Gasteiger partial charge in [-0.1, -0.05) is 25.1 Å². The van der Waals surface area contributed by atoms with Gasteiger partial charge in [0.05, 0.1) is 10.6 Å². The second kappa shape index (κ2) is 8.78. The van der Waals surface area contributed by atoms with Crippen molar-refractivity contribution in [1.82, 2.24) is 14.9 Å². The van der Waals surface area contributed by atoms with Crippen molar-refractivity contribution in [3.05, 3.63) is 20.8 Å². The molecule has 1 amide bonds. The summed E-state index contributed by atoms with van der Waals surface area (Å²) in [6.45, 7) is 8.52. The van der Waals surface area contributed by atoms with Crippen molar-refractivity contribution in [3.63, 3.8) is 0 Å². The number of thiophene rings is 1. The molecule has 1 N–H and O–H groups in total. The molecule has 1 aliphatic rings. The number of hydrogen-bond acceptors (Lipinski definition) is 5. The molecule has 3 rings (SSSR count). The molecule has 2 aromatic heterocycles. The molecule has 0 aliphatic heterocycles. The van der Waals surface area contributed by atoms with E-state index in [2.05, 4.69) is 19.2 Å². The van der Waals surface area contributed by atoms with Gasteiger partial charge in [0, 0.05) is 17.5 Å². The monoisotopic (exact) mass is 407 g/mol.